The lowest BCUT2D eigenvalue weighted by Crippen LogP contribution is -2.16. The number of rotatable bonds is 5. The van der Waals surface area contributed by atoms with E-state index in [2.05, 4.69) is 4.98 Å². The van der Waals surface area contributed by atoms with Crippen molar-refractivity contribution in [2.45, 2.75) is 12.5 Å². The van der Waals surface area contributed by atoms with Crippen LogP contribution in [-0.4, -0.2) is 23.3 Å². The van der Waals surface area contributed by atoms with Gasteiger partial charge in [-0.25, -0.2) is 0 Å². The van der Waals surface area contributed by atoms with Crippen LogP contribution < -0.4 is 20.9 Å². The molecule has 0 radical (unpaired) electrons. The second kappa shape index (κ2) is 7.63. The molecule has 1 amide bonds. The number of nitrogens with two attached hydrogens (primary N) is 2. The Morgan fingerprint density at radius 2 is 1.93 bits per heavy atom. The number of nitrogens with zero attached hydrogens (tertiary/aromatic N) is 1. The fourth-order valence-electron chi connectivity index (χ4n) is 3.24. The number of ether oxygens (including phenoxy) is 2. The number of primary amides is 1. The van der Waals surface area contributed by atoms with Gasteiger partial charge in [-0.05, 0) is 35.9 Å². The highest BCUT2D eigenvalue weighted by molar-refractivity contribution is 5.99. The summed E-state index contributed by atoms with van der Waals surface area (Å²) in [6.45, 7) is 0.352. The van der Waals surface area contributed by atoms with Crippen LogP contribution in [0.1, 0.15) is 44.4 Å². The van der Waals surface area contributed by atoms with Crippen LogP contribution in [0.4, 0.5) is 5.69 Å². The normalized spacial score (nSPS) is 13.9. The SMILES string of the molecule is NC(=O)c1ccc([C@@H](Oc2ccc3c(c2)OCCC3=O)c2ccncc2N)cc1. The topological polar surface area (TPSA) is 118 Å². The molecule has 3 aromatic rings. The fraction of sp³-hybridized carbons (Fsp3) is 0.136. The number of aromatic nitrogens is 1. The molecule has 0 fully saturated rings. The summed E-state index contributed by atoms with van der Waals surface area (Å²) in [6, 6.07) is 13.7. The Kier molecular flexibility index (Phi) is 4.87. The summed E-state index contributed by atoms with van der Waals surface area (Å²) >= 11 is 0. The first-order valence-corrected chi connectivity index (χ1v) is 9.09. The van der Waals surface area contributed by atoms with Gasteiger partial charge in [0, 0.05) is 29.8 Å². The van der Waals surface area contributed by atoms with Crippen LogP contribution in [0.5, 0.6) is 11.5 Å². The van der Waals surface area contributed by atoms with E-state index in [1.54, 1.807) is 60.9 Å². The predicted octanol–water partition coefficient (Wildman–Crippen LogP) is 2.90. The van der Waals surface area contributed by atoms with E-state index in [1.165, 1.54) is 0 Å². The molecule has 1 aliphatic rings. The average Bonchev–Trinajstić information content (AvgIpc) is 2.73. The number of pyridine rings is 1. The summed E-state index contributed by atoms with van der Waals surface area (Å²) in [6.07, 6.45) is 3.00. The molecule has 7 heteroatoms. The molecule has 29 heavy (non-hydrogen) atoms. The number of carbonyl (C=O) groups is 2. The van der Waals surface area contributed by atoms with Gasteiger partial charge in [-0.2, -0.15) is 0 Å². The molecule has 146 valence electrons. The average molecular weight is 389 g/mol. The third-order valence-electron chi connectivity index (χ3n) is 4.76. The summed E-state index contributed by atoms with van der Waals surface area (Å²) in [4.78, 5) is 27.4. The van der Waals surface area contributed by atoms with Gasteiger partial charge in [-0.3, -0.25) is 14.6 Å². The van der Waals surface area contributed by atoms with E-state index in [0.29, 0.717) is 41.3 Å². The van der Waals surface area contributed by atoms with Crippen molar-refractivity contribution in [3.8, 4) is 11.5 Å². The van der Waals surface area contributed by atoms with E-state index in [0.717, 1.165) is 11.1 Å². The first kappa shape index (κ1) is 18.5. The number of ketones is 1. The zero-order chi connectivity index (χ0) is 20.4. The number of amides is 1. The summed E-state index contributed by atoms with van der Waals surface area (Å²) in [5.41, 5.74) is 14.4. The summed E-state index contributed by atoms with van der Waals surface area (Å²) in [5, 5.41) is 0. The Balaban J connectivity index is 1.72. The van der Waals surface area contributed by atoms with Gasteiger partial charge in [-0.15, -0.1) is 0 Å². The maximum atomic E-state index is 12.0. The first-order valence-electron chi connectivity index (χ1n) is 9.09. The number of anilines is 1. The number of Topliss-reactive ketones (excluding diaryl/α,β-unsaturated/α-hetero) is 1. The lowest BCUT2D eigenvalue weighted by atomic mass is 9.99. The van der Waals surface area contributed by atoms with Crippen molar-refractivity contribution in [3.05, 3.63) is 83.2 Å². The molecule has 2 aromatic carbocycles. The number of nitrogen functional groups attached to an aromatic ring is 1. The van der Waals surface area contributed by atoms with Crippen molar-refractivity contribution in [1.82, 2.24) is 4.98 Å². The maximum absolute atomic E-state index is 12.0. The minimum atomic E-state index is -0.558. The van der Waals surface area contributed by atoms with Gasteiger partial charge in [-0.1, -0.05) is 12.1 Å². The summed E-state index contributed by atoms with van der Waals surface area (Å²) in [7, 11) is 0. The predicted molar refractivity (Wildman–Crippen MR) is 107 cm³/mol. The standard InChI is InChI=1S/C22H19N3O4/c23-18-12-25-9-7-16(18)21(13-1-3-14(4-2-13)22(24)27)29-15-5-6-17-19(26)8-10-28-20(17)11-15/h1-7,9,11-12,21H,8,10,23H2,(H2,24,27)/t21-/m1/s1. The first-order chi connectivity index (χ1) is 14.0. The molecule has 0 unspecified atom stereocenters. The van der Waals surface area contributed by atoms with Crippen molar-refractivity contribution in [1.29, 1.82) is 0 Å². The fourth-order valence-corrected chi connectivity index (χ4v) is 3.24. The van der Waals surface area contributed by atoms with E-state index >= 15 is 0 Å². The molecular weight excluding hydrogens is 370 g/mol. The van der Waals surface area contributed by atoms with Crippen LogP contribution in [0.3, 0.4) is 0 Å². The van der Waals surface area contributed by atoms with Gasteiger partial charge in [0.1, 0.15) is 11.5 Å². The van der Waals surface area contributed by atoms with Gasteiger partial charge in [0.15, 0.2) is 11.9 Å². The Labute approximate surface area is 167 Å². The van der Waals surface area contributed by atoms with Gasteiger partial charge >= 0.3 is 0 Å². The maximum Gasteiger partial charge on any atom is 0.248 e. The molecular formula is C22H19N3O4. The minimum Gasteiger partial charge on any atom is -0.492 e. The molecule has 2 heterocycles. The highest BCUT2D eigenvalue weighted by Crippen LogP contribution is 2.35. The molecule has 1 aromatic heterocycles. The van der Waals surface area contributed by atoms with Crippen molar-refractivity contribution in [3.63, 3.8) is 0 Å². The number of carbonyl (C=O) groups excluding carboxylic acids is 2. The van der Waals surface area contributed by atoms with Crippen molar-refractivity contribution in [2.24, 2.45) is 5.73 Å². The van der Waals surface area contributed by atoms with E-state index in [1.807, 2.05) is 0 Å². The Bertz CT molecular complexity index is 1080. The Morgan fingerprint density at radius 1 is 1.14 bits per heavy atom. The molecule has 4 rings (SSSR count). The van der Waals surface area contributed by atoms with Gasteiger partial charge in [0.25, 0.3) is 0 Å². The van der Waals surface area contributed by atoms with Crippen LogP contribution >= 0.6 is 0 Å². The largest absolute Gasteiger partial charge is 0.492 e. The Morgan fingerprint density at radius 3 is 2.66 bits per heavy atom. The third-order valence-corrected chi connectivity index (χ3v) is 4.76. The lowest BCUT2D eigenvalue weighted by molar-refractivity contribution is 0.0932. The van der Waals surface area contributed by atoms with Gasteiger partial charge in [0.05, 0.1) is 24.1 Å². The quantitative estimate of drug-likeness (QED) is 0.693. The zero-order valence-corrected chi connectivity index (χ0v) is 15.5. The minimum absolute atomic E-state index is 0.0507. The molecule has 0 saturated heterocycles. The van der Waals surface area contributed by atoms with Crippen LogP contribution in [0.25, 0.3) is 0 Å². The molecule has 0 aliphatic carbocycles. The van der Waals surface area contributed by atoms with Crippen LogP contribution in [-0.2, 0) is 0 Å². The van der Waals surface area contributed by atoms with Crippen molar-refractivity contribution < 1.29 is 19.1 Å². The summed E-state index contributed by atoms with van der Waals surface area (Å²) in [5.74, 6) is 0.576. The second-order valence-electron chi connectivity index (χ2n) is 6.67. The number of hydrogen-bond donors (Lipinski definition) is 2. The molecule has 0 saturated carbocycles. The van der Waals surface area contributed by atoms with Crippen LogP contribution in [0, 0.1) is 0 Å². The highest BCUT2D eigenvalue weighted by Gasteiger charge is 2.22. The second-order valence-corrected chi connectivity index (χ2v) is 6.67. The smallest absolute Gasteiger partial charge is 0.248 e. The molecule has 4 N–H and O–H groups in total. The molecule has 0 spiro atoms. The van der Waals surface area contributed by atoms with Crippen LogP contribution in [0.2, 0.25) is 0 Å². The Hall–Kier alpha value is -3.87. The molecule has 1 aliphatic heterocycles. The molecule has 0 bridgehead atoms. The third kappa shape index (κ3) is 3.75. The van der Waals surface area contributed by atoms with E-state index in [4.69, 9.17) is 20.9 Å². The van der Waals surface area contributed by atoms with Gasteiger partial charge < -0.3 is 20.9 Å². The highest BCUT2D eigenvalue weighted by atomic mass is 16.5. The molecule has 7 nitrogen and oxygen atoms in total. The van der Waals surface area contributed by atoms with E-state index in [9.17, 15) is 9.59 Å². The van der Waals surface area contributed by atoms with E-state index in [-0.39, 0.29) is 5.78 Å². The van der Waals surface area contributed by atoms with Crippen molar-refractivity contribution in [2.75, 3.05) is 12.3 Å². The zero-order valence-electron chi connectivity index (χ0n) is 15.5. The monoisotopic (exact) mass is 389 g/mol. The summed E-state index contributed by atoms with van der Waals surface area (Å²) < 4.78 is 11.9. The van der Waals surface area contributed by atoms with Gasteiger partial charge in [0.2, 0.25) is 5.91 Å². The number of fused-ring (bicyclic) bond motifs is 1. The number of benzene rings is 2. The van der Waals surface area contributed by atoms with Crippen molar-refractivity contribution >= 4 is 17.4 Å². The van der Waals surface area contributed by atoms with E-state index < -0.39 is 12.0 Å². The number of hydrogen-bond acceptors (Lipinski definition) is 6. The lowest BCUT2D eigenvalue weighted by Gasteiger charge is -2.23. The van der Waals surface area contributed by atoms with Crippen LogP contribution in [0.15, 0.2) is 60.9 Å². The molecule has 1 atom stereocenters.